The molecule has 1 N–H and O–H groups in total. The van der Waals surface area contributed by atoms with Gasteiger partial charge in [0.2, 0.25) is 0 Å². The molecule has 0 aliphatic carbocycles. The number of hydrogen-bond acceptors (Lipinski definition) is 4. The molecule has 3 rings (SSSR count). The molecule has 2 amide bonds. The number of para-hydroxylation sites is 1. The van der Waals surface area contributed by atoms with Gasteiger partial charge in [0.25, 0.3) is 5.56 Å². The first-order valence-electron chi connectivity index (χ1n) is 8.16. The molecule has 3 aromatic rings. The van der Waals surface area contributed by atoms with Gasteiger partial charge in [0.05, 0.1) is 22.9 Å². The molecule has 0 fully saturated rings. The molecular formula is C18H21N5O2S. The smallest absolute Gasteiger partial charge is 0.322 e. The van der Waals surface area contributed by atoms with Crippen molar-refractivity contribution in [3.8, 4) is 5.69 Å². The number of carbonyl (C=O) groups is 1. The fourth-order valence-electron chi connectivity index (χ4n) is 2.70. The maximum Gasteiger partial charge on any atom is 0.322 e. The van der Waals surface area contributed by atoms with E-state index in [1.807, 2.05) is 44.2 Å². The number of aryl methyl sites for hydroxylation is 1. The minimum Gasteiger partial charge on any atom is -0.322 e. The zero-order chi connectivity index (χ0) is 18.8. The molecule has 0 saturated carbocycles. The number of hydrogen-bond donors (Lipinski definition) is 1. The van der Waals surface area contributed by atoms with Crippen molar-refractivity contribution in [2.75, 3.05) is 12.4 Å². The van der Waals surface area contributed by atoms with Gasteiger partial charge in [-0.25, -0.2) is 14.5 Å². The van der Waals surface area contributed by atoms with E-state index in [0.717, 1.165) is 15.6 Å². The highest BCUT2D eigenvalue weighted by atomic mass is 32.1. The van der Waals surface area contributed by atoms with Crippen molar-refractivity contribution in [3.63, 3.8) is 0 Å². The first-order valence-corrected chi connectivity index (χ1v) is 8.97. The highest BCUT2D eigenvalue weighted by Crippen LogP contribution is 2.16. The van der Waals surface area contributed by atoms with Crippen LogP contribution < -0.4 is 10.9 Å². The third-order valence-electron chi connectivity index (χ3n) is 4.19. The minimum absolute atomic E-state index is 0.258. The Morgan fingerprint density at radius 2 is 1.96 bits per heavy atom. The molecule has 0 aliphatic rings. The van der Waals surface area contributed by atoms with Crippen LogP contribution in [0.3, 0.4) is 0 Å². The lowest BCUT2D eigenvalue weighted by molar-refractivity contribution is 0.221. The van der Waals surface area contributed by atoms with E-state index < -0.39 is 0 Å². The number of thiazole rings is 1. The molecule has 0 unspecified atom stereocenters. The lowest BCUT2D eigenvalue weighted by Crippen LogP contribution is -2.32. The normalized spacial score (nSPS) is 10.8. The van der Waals surface area contributed by atoms with Crippen LogP contribution in [0.5, 0.6) is 0 Å². The van der Waals surface area contributed by atoms with Gasteiger partial charge in [-0.05, 0) is 26.0 Å². The first-order chi connectivity index (χ1) is 12.4. The van der Waals surface area contributed by atoms with Crippen LogP contribution in [0.25, 0.3) is 5.69 Å². The molecule has 26 heavy (non-hydrogen) atoms. The van der Waals surface area contributed by atoms with Crippen LogP contribution in [0.4, 0.5) is 10.5 Å². The Morgan fingerprint density at radius 3 is 2.58 bits per heavy atom. The van der Waals surface area contributed by atoms with Crippen LogP contribution in [-0.2, 0) is 13.6 Å². The molecule has 0 saturated heterocycles. The van der Waals surface area contributed by atoms with Gasteiger partial charge in [0.1, 0.15) is 5.69 Å². The molecule has 0 atom stereocenters. The third kappa shape index (κ3) is 3.41. The fourth-order valence-corrected chi connectivity index (χ4v) is 3.55. The Hall–Kier alpha value is -2.87. The zero-order valence-electron chi connectivity index (χ0n) is 15.2. The zero-order valence-corrected chi connectivity index (χ0v) is 16.0. The number of nitrogens with one attached hydrogen (secondary N) is 1. The minimum atomic E-state index is -0.331. The van der Waals surface area contributed by atoms with E-state index in [0.29, 0.717) is 12.2 Å². The Morgan fingerprint density at radius 1 is 1.27 bits per heavy atom. The number of amides is 2. The summed E-state index contributed by atoms with van der Waals surface area (Å²) in [5.74, 6) is 0. The monoisotopic (exact) mass is 371 g/mol. The van der Waals surface area contributed by atoms with Gasteiger partial charge in [-0.3, -0.25) is 9.48 Å². The maximum absolute atomic E-state index is 12.8. The molecule has 7 nitrogen and oxygen atoms in total. The van der Waals surface area contributed by atoms with Crippen molar-refractivity contribution in [1.82, 2.24) is 19.2 Å². The summed E-state index contributed by atoms with van der Waals surface area (Å²) in [5.41, 5.74) is 1.46. The Labute approximate surface area is 155 Å². The summed E-state index contributed by atoms with van der Waals surface area (Å²) < 4.78 is 3.28. The summed E-state index contributed by atoms with van der Waals surface area (Å²) in [6.45, 7) is 4.17. The molecule has 8 heteroatoms. The second-order valence-electron chi connectivity index (χ2n) is 6.07. The van der Waals surface area contributed by atoms with Crippen LogP contribution >= 0.6 is 11.3 Å². The van der Waals surface area contributed by atoms with E-state index in [2.05, 4.69) is 10.3 Å². The van der Waals surface area contributed by atoms with Crippen molar-refractivity contribution in [2.45, 2.75) is 20.4 Å². The predicted molar refractivity (Wildman–Crippen MR) is 103 cm³/mol. The molecular weight excluding hydrogens is 350 g/mol. The number of anilines is 1. The van der Waals surface area contributed by atoms with Gasteiger partial charge in [0.15, 0.2) is 0 Å². The Kier molecular flexibility index (Phi) is 4.94. The van der Waals surface area contributed by atoms with E-state index in [-0.39, 0.29) is 17.3 Å². The molecule has 0 bridgehead atoms. The fraction of sp³-hybridized carbons (Fsp3) is 0.278. The summed E-state index contributed by atoms with van der Waals surface area (Å²) in [5, 5.41) is 3.71. The van der Waals surface area contributed by atoms with Crippen LogP contribution in [0, 0.1) is 13.8 Å². The highest BCUT2D eigenvalue weighted by Gasteiger charge is 2.20. The maximum atomic E-state index is 12.8. The summed E-state index contributed by atoms with van der Waals surface area (Å²) in [6, 6.07) is 9.00. The standard InChI is InChI=1S/C18H21N5O2S/c1-12-16(17(24)23(22(12)4)14-8-6-5-7-9-14)20-18(25)21(3)11-15-10-19-13(2)26-15/h5-10H,11H2,1-4H3,(H,20,25). The number of urea groups is 1. The summed E-state index contributed by atoms with van der Waals surface area (Å²) in [6.07, 6.45) is 1.76. The molecule has 0 radical (unpaired) electrons. The van der Waals surface area contributed by atoms with Gasteiger partial charge >= 0.3 is 6.03 Å². The van der Waals surface area contributed by atoms with Crippen molar-refractivity contribution in [3.05, 3.63) is 62.5 Å². The Balaban J connectivity index is 1.84. The SMILES string of the molecule is Cc1ncc(CN(C)C(=O)Nc2c(C)n(C)n(-c3ccccc3)c2=O)s1. The third-order valence-corrected chi connectivity index (χ3v) is 5.09. The van der Waals surface area contributed by atoms with Crippen molar-refractivity contribution in [2.24, 2.45) is 7.05 Å². The van der Waals surface area contributed by atoms with Gasteiger partial charge < -0.3 is 10.2 Å². The first kappa shape index (κ1) is 17.9. The molecule has 1 aromatic carbocycles. The molecule has 2 aromatic heterocycles. The number of aromatic nitrogens is 3. The number of rotatable bonds is 4. The van der Waals surface area contributed by atoms with Gasteiger partial charge in [0, 0.05) is 25.2 Å². The molecule has 136 valence electrons. The number of nitrogens with zero attached hydrogens (tertiary/aromatic N) is 4. The summed E-state index contributed by atoms with van der Waals surface area (Å²) in [4.78, 5) is 32.1. The van der Waals surface area contributed by atoms with Gasteiger partial charge in [-0.15, -0.1) is 11.3 Å². The average Bonchev–Trinajstić information content (AvgIpc) is 3.12. The lowest BCUT2D eigenvalue weighted by Gasteiger charge is -2.16. The highest BCUT2D eigenvalue weighted by molar-refractivity contribution is 7.11. The topological polar surface area (TPSA) is 72.2 Å². The van der Waals surface area contributed by atoms with E-state index >= 15 is 0 Å². The van der Waals surface area contributed by atoms with Gasteiger partial charge in [-0.2, -0.15) is 0 Å². The number of benzene rings is 1. The molecule has 0 spiro atoms. The van der Waals surface area contributed by atoms with Gasteiger partial charge in [-0.1, -0.05) is 18.2 Å². The lowest BCUT2D eigenvalue weighted by atomic mass is 10.3. The van der Waals surface area contributed by atoms with Crippen molar-refractivity contribution < 1.29 is 4.79 Å². The van der Waals surface area contributed by atoms with Crippen molar-refractivity contribution in [1.29, 1.82) is 0 Å². The largest absolute Gasteiger partial charge is 0.322 e. The van der Waals surface area contributed by atoms with Crippen LogP contribution in [-0.4, -0.2) is 32.3 Å². The van der Waals surface area contributed by atoms with Crippen LogP contribution in [0.15, 0.2) is 41.3 Å². The van der Waals surface area contributed by atoms with Crippen molar-refractivity contribution >= 4 is 23.1 Å². The second-order valence-corrected chi connectivity index (χ2v) is 7.39. The van der Waals surface area contributed by atoms with E-state index in [1.54, 1.807) is 36.3 Å². The average molecular weight is 371 g/mol. The van der Waals surface area contributed by atoms with E-state index in [1.165, 1.54) is 9.58 Å². The molecule has 2 heterocycles. The Bertz CT molecular complexity index is 987. The molecule has 0 aliphatic heterocycles. The number of carbonyl (C=O) groups excluding carboxylic acids is 1. The van der Waals surface area contributed by atoms with Crippen LogP contribution in [0.2, 0.25) is 0 Å². The van der Waals surface area contributed by atoms with E-state index in [9.17, 15) is 9.59 Å². The predicted octanol–water partition coefficient (Wildman–Crippen LogP) is 2.91. The quantitative estimate of drug-likeness (QED) is 0.766. The van der Waals surface area contributed by atoms with Crippen LogP contribution in [0.1, 0.15) is 15.6 Å². The van der Waals surface area contributed by atoms with E-state index in [4.69, 9.17) is 0 Å². The second kappa shape index (κ2) is 7.17. The summed E-state index contributed by atoms with van der Waals surface area (Å²) >= 11 is 1.55. The summed E-state index contributed by atoms with van der Waals surface area (Å²) in [7, 11) is 3.49.